The van der Waals surface area contributed by atoms with Crippen LogP contribution in [0.15, 0.2) is 52.0 Å². The molecule has 1 heterocycles. The average molecular weight is 335 g/mol. The van der Waals surface area contributed by atoms with Crippen molar-refractivity contribution < 1.29 is 9.50 Å². The Bertz CT molecular complexity index is 670. The van der Waals surface area contributed by atoms with Crippen LogP contribution in [-0.4, -0.2) is 10.8 Å². The molecule has 0 spiro atoms. The molecule has 2 aromatic carbocycles. The van der Waals surface area contributed by atoms with Crippen LogP contribution >= 0.6 is 15.9 Å². The SMILES string of the molecule is Oc1ccc(Br)cc1C1=NNC(c2ccc(F)cc2)C1. The molecule has 1 atom stereocenters. The highest BCUT2D eigenvalue weighted by atomic mass is 79.9. The number of halogens is 2. The van der Waals surface area contributed by atoms with Crippen molar-refractivity contribution in [3.63, 3.8) is 0 Å². The summed E-state index contributed by atoms with van der Waals surface area (Å²) in [4.78, 5) is 0. The molecule has 0 fully saturated rings. The summed E-state index contributed by atoms with van der Waals surface area (Å²) in [5.41, 5.74) is 5.49. The second-order valence-corrected chi connectivity index (χ2v) is 5.57. The van der Waals surface area contributed by atoms with Crippen LogP contribution in [0, 0.1) is 5.82 Å². The first-order chi connectivity index (χ1) is 9.63. The lowest BCUT2D eigenvalue weighted by atomic mass is 9.99. The number of hydrogen-bond donors (Lipinski definition) is 2. The van der Waals surface area contributed by atoms with Crippen molar-refractivity contribution in [3.05, 3.63) is 63.9 Å². The van der Waals surface area contributed by atoms with Crippen molar-refractivity contribution in [2.75, 3.05) is 0 Å². The summed E-state index contributed by atoms with van der Waals surface area (Å²) in [6, 6.07) is 11.6. The number of benzene rings is 2. The van der Waals surface area contributed by atoms with Gasteiger partial charge in [-0.2, -0.15) is 5.10 Å². The maximum absolute atomic E-state index is 12.9. The summed E-state index contributed by atoms with van der Waals surface area (Å²) in [6.45, 7) is 0. The highest BCUT2D eigenvalue weighted by Crippen LogP contribution is 2.29. The zero-order chi connectivity index (χ0) is 14.1. The molecule has 1 aliphatic rings. The van der Waals surface area contributed by atoms with Crippen LogP contribution in [-0.2, 0) is 0 Å². The standard InChI is InChI=1S/C15H12BrFN2O/c16-10-3-6-15(20)12(7-10)14-8-13(18-19-14)9-1-4-11(17)5-2-9/h1-7,13,18,20H,8H2. The molecule has 0 saturated heterocycles. The fourth-order valence-corrected chi connectivity index (χ4v) is 2.60. The van der Waals surface area contributed by atoms with Gasteiger partial charge < -0.3 is 10.5 Å². The van der Waals surface area contributed by atoms with Crippen LogP contribution in [0.5, 0.6) is 5.75 Å². The van der Waals surface area contributed by atoms with Gasteiger partial charge in [-0.1, -0.05) is 28.1 Å². The molecule has 3 nitrogen and oxygen atoms in total. The molecular weight excluding hydrogens is 323 g/mol. The molecule has 1 unspecified atom stereocenters. The van der Waals surface area contributed by atoms with Gasteiger partial charge in [-0.15, -0.1) is 0 Å². The zero-order valence-corrected chi connectivity index (χ0v) is 12.1. The Balaban J connectivity index is 1.82. The minimum absolute atomic E-state index is 0.00369. The van der Waals surface area contributed by atoms with Gasteiger partial charge in [0.15, 0.2) is 0 Å². The number of nitrogens with one attached hydrogen (secondary N) is 1. The molecule has 0 radical (unpaired) electrons. The third kappa shape index (κ3) is 2.54. The summed E-state index contributed by atoms with van der Waals surface area (Å²) in [5.74, 6) is -0.0500. The van der Waals surface area contributed by atoms with Gasteiger partial charge in [0, 0.05) is 16.5 Å². The van der Waals surface area contributed by atoms with Crippen LogP contribution in [0.1, 0.15) is 23.6 Å². The molecular formula is C15H12BrFN2O. The van der Waals surface area contributed by atoms with E-state index >= 15 is 0 Å². The third-order valence-corrected chi connectivity index (χ3v) is 3.79. The predicted octanol–water partition coefficient (Wildman–Crippen LogP) is 3.73. The highest BCUT2D eigenvalue weighted by molar-refractivity contribution is 9.10. The summed E-state index contributed by atoms with van der Waals surface area (Å²) < 4.78 is 13.8. The summed E-state index contributed by atoms with van der Waals surface area (Å²) >= 11 is 3.38. The Morgan fingerprint density at radius 2 is 1.95 bits per heavy atom. The fourth-order valence-electron chi connectivity index (χ4n) is 2.24. The monoisotopic (exact) mass is 334 g/mol. The normalized spacial score (nSPS) is 17.7. The molecule has 2 N–H and O–H groups in total. The molecule has 5 heteroatoms. The van der Waals surface area contributed by atoms with Gasteiger partial charge in [-0.3, -0.25) is 0 Å². The van der Waals surface area contributed by atoms with Gasteiger partial charge in [0.25, 0.3) is 0 Å². The van der Waals surface area contributed by atoms with Crippen molar-refractivity contribution in [2.24, 2.45) is 5.10 Å². The topological polar surface area (TPSA) is 44.6 Å². The first kappa shape index (κ1) is 13.1. The van der Waals surface area contributed by atoms with Crippen molar-refractivity contribution in [1.29, 1.82) is 0 Å². The fraction of sp³-hybridized carbons (Fsp3) is 0.133. The van der Waals surface area contributed by atoms with Crippen molar-refractivity contribution in [3.8, 4) is 5.75 Å². The largest absolute Gasteiger partial charge is 0.507 e. The van der Waals surface area contributed by atoms with E-state index in [1.165, 1.54) is 12.1 Å². The van der Waals surface area contributed by atoms with E-state index < -0.39 is 0 Å². The molecule has 0 aliphatic carbocycles. The van der Waals surface area contributed by atoms with E-state index in [4.69, 9.17) is 0 Å². The highest BCUT2D eigenvalue weighted by Gasteiger charge is 2.23. The first-order valence-electron chi connectivity index (χ1n) is 6.20. The number of phenols is 1. The van der Waals surface area contributed by atoms with E-state index in [-0.39, 0.29) is 17.6 Å². The lowest BCUT2D eigenvalue weighted by molar-refractivity contribution is 0.474. The molecule has 0 aromatic heterocycles. The van der Waals surface area contributed by atoms with Gasteiger partial charge in [0.2, 0.25) is 0 Å². The molecule has 0 amide bonds. The lowest BCUT2D eigenvalue weighted by Gasteiger charge is -2.10. The number of nitrogens with zero attached hydrogens (tertiary/aromatic N) is 1. The number of rotatable bonds is 2. The number of hydrazone groups is 1. The maximum atomic E-state index is 12.9. The number of hydrogen-bond acceptors (Lipinski definition) is 3. The molecule has 102 valence electrons. The van der Waals surface area contributed by atoms with Crippen molar-refractivity contribution >= 4 is 21.6 Å². The lowest BCUT2D eigenvalue weighted by Crippen LogP contribution is -2.09. The Labute approximate surface area is 124 Å². The van der Waals surface area contributed by atoms with E-state index in [0.29, 0.717) is 12.0 Å². The van der Waals surface area contributed by atoms with Crippen molar-refractivity contribution in [1.82, 2.24) is 5.43 Å². The van der Waals surface area contributed by atoms with Gasteiger partial charge in [-0.25, -0.2) is 4.39 Å². The van der Waals surface area contributed by atoms with Crippen LogP contribution in [0.25, 0.3) is 0 Å². The maximum Gasteiger partial charge on any atom is 0.124 e. The van der Waals surface area contributed by atoms with E-state index in [1.54, 1.807) is 24.3 Å². The molecule has 0 saturated carbocycles. The van der Waals surface area contributed by atoms with Gasteiger partial charge in [0.1, 0.15) is 11.6 Å². The average Bonchev–Trinajstić information content (AvgIpc) is 2.92. The summed E-state index contributed by atoms with van der Waals surface area (Å²) in [6.07, 6.45) is 0.648. The zero-order valence-electron chi connectivity index (χ0n) is 10.5. The molecule has 20 heavy (non-hydrogen) atoms. The quantitative estimate of drug-likeness (QED) is 0.878. The second kappa shape index (κ2) is 5.25. The summed E-state index contributed by atoms with van der Waals surface area (Å²) in [7, 11) is 0. The van der Waals surface area contributed by atoms with Crippen LogP contribution in [0.2, 0.25) is 0 Å². The first-order valence-corrected chi connectivity index (χ1v) is 6.99. The Hall–Kier alpha value is -1.88. The van der Waals surface area contributed by atoms with Crippen LogP contribution in [0.4, 0.5) is 4.39 Å². The van der Waals surface area contributed by atoms with Crippen molar-refractivity contribution in [2.45, 2.75) is 12.5 Å². The van der Waals surface area contributed by atoms with Crippen LogP contribution < -0.4 is 5.43 Å². The minimum Gasteiger partial charge on any atom is -0.507 e. The van der Waals surface area contributed by atoms with E-state index in [1.807, 2.05) is 6.07 Å². The Kier molecular flexibility index (Phi) is 3.44. The molecule has 2 aromatic rings. The van der Waals surface area contributed by atoms with E-state index in [0.717, 1.165) is 15.7 Å². The second-order valence-electron chi connectivity index (χ2n) is 4.66. The predicted molar refractivity (Wildman–Crippen MR) is 79.2 cm³/mol. The number of phenolic OH excluding ortho intramolecular Hbond substituents is 1. The Morgan fingerprint density at radius 3 is 2.70 bits per heavy atom. The van der Waals surface area contributed by atoms with Gasteiger partial charge in [-0.05, 0) is 35.9 Å². The summed E-state index contributed by atoms with van der Waals surface area (Å²) in [5, 5.41) is 14.2. The molecule has 0 bridgehead atoms. The van der Waals surface area contributed by atoms with E-state index in [9.17, 15) is 9.50 Å². The van der Waals surface area contributed by atoms with Gasteiger partial charge in [0.05, 0.1) is 11.8 Å². The molecule has 3 rings (SSSR count). The number of aromatic hydroxyl groups is 1. The smallest absolute Gasteiger partial charge is 0.124 e. The van der Waals surface area contributed by atoms with E-state index in [2.05, 4.69) is 26.5 Å². The van der Waals surface area contributed by atoms with Crippen LogP contribution in [0.3, 0.4) is 0 Å². The Morgan fingerprint density at radius 1 is 1.20 bits per heavy atom. The molecule has 1 aliphatic heterocycles. The minimum atomic E-state index is -0.252. The van der Waals surface area contributed by atoms with Gasteiger partial charge >= 0.3 is 0 Å². The third-order valence-electron chi connectivity index (χ3n) is 3.29.